The standard InChI is InChI=1S/C26H27N3O8/c1-4-35-24(30)20-16(3)27-23(28-26(32)37-15-17-11-7-6-8-12-17)22(25(31)36-5-2)21(20)18-13-9-10-14-19(18)29(33)34/h6-14,21,27H,4-5,15H2,1-3H3,(H,28,32). The van der Waals surface area contributed by atoms with Crippen LogP contribution in [0.4, 0.5) is 10.5 Å². The van der Waals surface area contributed by atoms with Gasteiger partial charge >= 0.3 is 18.0 Å². The van der Waals surface area contributed by atoms with Crippen molar-refractivity contribution < 1.29 is 33.5 Å². The van der Waals surface area contributed by atoms with Crippen molar-refractivity contribution in [2.75, 3.05) is 13.2 Å². The van der Waals surface area contributed by atoms with Gasteiger partial charge in [0.2, 0.25) is 0 Å². The Bertz CT molecular complexity index is 1250. The van der Waals surface area contributed by atoms with Crippen LogP contribution in [0.2, 0.25) is 0 Å². The number of hydrogen-bond acceptors (Lipinski definition) is 9. The van der Waals surface area contributed by atoms with E-state index in [1.54, 1.807) is 44.2 Å². The summed E-state index contributed by atoms with van der Waals surface area (Å²) in [6.45, 7) is 4.72. The molecular formula is C26H27N3O8. The Balaban J connectivity index is 2.11. The van der Waals surface area contributed by atoms with Crippen LogP contribution in [0.3, 0.4) is 0 Å². The number of ether oxygens (including phenoxy) is 3. The zero-order valence-electron chi connectivity index (χ0n) is 20.6. The molecule has 0 aromatic heterocycles. The van der Waals surface area contributed by atoms with Gasteiger partial charge in [0.25, 0.3) is 5.69 Å². The van der Waals surface area contributed by atoms with Gasteiger partial charge in [0, 0.05) is 17.3 Å². The van der Waals surface area contributed by atoms with E-state index in [0.717, 1.165) is 5.56 Å². The first-order chi connectivity index (χ1) is 17.8. The van der Waals surface area contributed by atoms with Crippen LogP contribution in [-0.4, -0.2) is 36.2 Å². The van der Waals surface area contributed by atoms with E-state index in [1.807, 2.05) is 6.07 Å². The minimum atomic E-state index is -1.27. The Labute approximate surface area is 213 Å². The van der Waals surface area contributed by atoms with Crippen LogP contribution in [-0.2, 0) is 30.4 Å². The summed E-state index contributed by atoms with van der Waals surface area (Å²) in [5.74, 6) is -3.05. The maximum atomic E-state index is 13.2. The first kappa shape index (κ1) is 26.9. The smallest absolute Gasteiger partial charge is 0.413 e. The van der Waals surface area contributed by atoms with Gasteiger partial charge in [0.15, 0.2) is 0 Å². The molecule has 0 radical (unpaired) electrons. The lowest BCUT2D eigenvalue weighted by atomic mass is 9.80. The third-order valence-electron chi connectivity index (χ3n) is 5.44. The predicted octanol–water partition coefficient (Wildman–Crippen LogP) is 3.82. The van der Waals surface area contributed by atoms with Crippen molar-refractivity contribution in [3.63, 3.8) is 0 Å². The van der Waals surface area contributed by atoms with Gasteiger partial charge < -0.3 is 19.5 Å². The molecule has 37 heavy (non-hydrogen) atoms. The number of esters is 2. The minimum Gasteiger partial charge on any atom is -0.463 e. The second-order valence-electron chi connectivity index (χ2n) is 7.83. The van der Waals surface area contributed by atoms with Crippen molar-refractivity contribution in [1.82, 2.24) is 10.6 Å². The molecule has 1 atom stereocenters. The van der Waals surface area contributed by atoms with Crippen LogP contribution in [0.1, 0.15) is 37.8 Å². The van der Waals surface area contributed by atoms with Gasteiger partial charge in [-0.15, -0.1) is 0 Å². The molecule has 11 nitrogen and oxygen atoms in total. The van der Waals surface area contributed by atoms with E-state index in [2.05, 4.69) is 10.6 Å². The summed E-state index contributed by atoms with van der Waals surface area (Å²) in [6, 6.07) is 14.7. The third-order valence-corrected chi connectivity index (χ3v) is 5.44. The van der Waals surface area contributed by atoms with E-state index in [4.69, 9.17) is 14.2 Å². The van der Waals surface area contributed by atoms with Crippen LogP contribution in [0, 0.1) is 10.1 Å². The zero-order valence-corrected chi connectivity index (χ0v) is 20.6. The fourth-order valence-corrected chi connectivity index (χ4v) is 3.90. The number of nitrogens with one attached hydrogen (secondary N) is 2. The minimum absolute atomic E-state index is 0.0187. The first-order valence-corrected chi connectivity index (χ1v) is 11.6. The van der Waals surface area contributed by atoms with E-state index >= 15 is 0 Å². The van der Waals surface area contributed by atoms with Crippen LogP contribution < -0.4 is 10.6 Å². The van der Waals surface area contributed by atoms with Crippen molar-refractivity contribution in [1.29, 1.82) is 0 Å². The van der Waals surface area contributed by atoms with E-state index < -0.39 is 28.9 Å². The Morgan fingerprint density at radius 3 is 2.14 bits per heavy atom. The molecule has 2 N–H and O–H groups in total. The molecule has 0 spiro atoms. The number of hydrogen-bond donors (Lipinski definition) is 2. The number of benzene rings is 2. The molecule has 1 heterocycles. The molecule has 0 saturated heterocycles. The molecule has 0 saturated carbocycles. The van der Waals surface area contributed by atoms with E-state index in [9.17, 15) is 24.5 Å². The summed E-state index contributed by atoms with van der Waals surface area (Å²) in [6.07, 6.45) is -0.887. The quantitative estimate of drug-likeness (QED) is 0.223. The van der Waals surface area contributed by atoms with Crippen molar-refractivity contribution in [2.24, 2.45) is 0 Å². The topological polar surface area (TPSA) is 146 Å². The van der Waals surface area contributed by atoms with Gasteiger partial charge in [-0.25, -0.2) is 14.4 Å². The number of dihydropyridines is 1. The van der Waals surface area contributed by atoms with Crippen LogP contribution in [0.15, 0.2) is 77.3 Å². The Morgan fingerprint density at radius 1 is 0.919 bits per heavy atom. The normalized spacial score (nSPS) is 14.9. The predicted molar refractivity (Wildman–Crippen MR) is 132 cm³/mol. The average molecular weight is 510 g/mol. The summed E-state index contributed by atoms with van der Waals surface area (Å²) in [5, 5.41) is 17.2. The highest BCUT2D eigenvalue weighted by molar-refractivity contribution is 6.00. The monoisotopic (exact) mass is 509 g/mol. The van der Waals surface area contributed by atoms with Crippen molar-refractivity contribution in [3.05, 3.63) is 98.5 Å². The Morgan fingerprint density at radius 2 is 1.51 bits per heavy atom. The number of carbonyl (C=O) groups excluding carboxylic acids is 3. The fourth-order valence-electron chi connectivity index (χ4n) is 3.90. The molecule has 11 heteroatoms. The van der Waals surface area contributed by atoms with E-state index in [1.165, 1.54) is 25.1 Å². The lowest BCUT2D eigenvalue weighted by molar-refractivity contribution is -0.385. The highest BCUT2D eigenvalue weighted by Gasteiger charge is 2.42. The number of allylic oxidation sites excluding steroid dienone is 1. The molecule has 1 aliphatic heterocycles. The van der Waals surface area contributed by atoms with Crippen LogP contribution in [0.5, 0.6) is 0 Å². The molecule has 1 aliphatic rings. The van der Waals surface area contributed by atoms with E-state index in [0.29, 0.717) is 0 Å². The van der Waals surface area contributed by atoms with Gasteiger partial charge in [-0.3, -0.25) is 15.4 Å². The number of alkyl carbamates (subject to hydrolysis) is 1. The maximum absolute atomic E-state index is 13.2. The summed E-state index contributed by atoms with van der Waals surface area (Å²) in [4.78, 5) is 50.2. The first-order valence-electron chi connectivity index (χ1n) is 11.6. The lowest BCUT2D eigenvalue weighted by Crippen LogP contribution is -2.40. The average Bonchev–Trinajstić information content (AvgIpc) is 2.87. The van der Waals surface area contributed by atoms with Crippen molar-refractivity contribution in [2.45, 2.75) is 33.3 Å². The van der Waals surface area contributed by atoms with Crippen molar-refractivity contribution >= 4 is 23.7 Å². The fraction of sp³-hybridized carbons (Fsp3) is 0.269. The number of nitrogens with zero attached hydrogens (tertiary/aromatic N) is 1. The number of nitro benzene ring substituents is 1. The third kappa shape index (κ3) is 6.31. The SMILES string of the molecule is CCOC(=O)C1=C(C)NC(NC(=O)OCc2ccccc2)=C(C(=O)OCC)C1c1ccccc1[N+](=O)[O-]. The summed E-state index contributed by atoms with van der Waals surface area (Å²) in [5.41, 5.74) is 0.470. The maximum Gasteiger partial charge on any atom is 0.413 e. The molecule has 2 aromatic rings. The van der Waals surface area contributed by atoms with Gasteiger partial charge in [-0.1, -0.05) is 48.5 Å². The van der Waals surface area contributed by atoms with E-state index in [-0.39, 0.29) is 53.7 Å². The molecule has 2 aromatic carbocycles. The lowest BCUT2D eigenvalue weighted by Gasteiger charge is -2.31. The second kappa shape index (κ2) is 12.3. The van der Waals surface area contributed by atoms with Crippen LogP contribution in [0.25, 0.3) is 0 Å². The van der Waals surface area contributed by atoms with Gasteiger partial charge in [0.05, 0.1) is 35.2 Å². The van der Waals surface area contributed by atoms with Crippen LogP contribution >= 0.6 is 0 Å². The highest BCUT2D eigenvalue weighted by atomic mass is 16.6. The number of nitro groups is 1. The number of rotatable bonds is 9. The van der Waals surface area contributed by atoms with Gasteiger partial charge in [-0.2, -0.15) is 0 Å². The van der Waals surface area contributed by atoms with Crippen molar-refractivity contribution in [3.8, 4) is 0 Å². The molecule has 1 amide bonds. The molecule has 3 rings (SSSR count). The molecule has 0 aliphatic carbocycles. The molecule has 1 unspecified atom stereocenters. The van der Waals surface area contributed by atoms with Gasteiger partial charge in [-0.05, 0) is 26.3 Å². The molecule has 194 valence electrons. The largest absolute Gasteiger partial charge is 0.463 e. The Hall–Kier alpha value is -4.67. The summed E-state index contributed by atoms with van der Waals surface area (Å²) < 4.78 is 15.7. The summed E-state index contributed by atoms with van der Waals surface area (Å²) in [7, 11) is 0. The number of carbonyl (C=O) groups is 3. The zero-order chi connectivity index (χ0) is 26.9. The number of para-hydroxylation sites is 1. The Kier molecular flexibility index (Phi) is 8.98. The molecular weight excluding hydrogens is 482 g/mol. The molecule has 0 bridgehead atoms. The van der Waals surface area contributed by atoms with Gasteiger partial charge in [0.1, 0.15) is 12.4 Å². The summed E-state index contributed by atoms with van der Waals surface area (Å²) >= 11 is 0. The number of amides is 1. The highest BCUT2D eigenvalue weighted by Crippen LogP contribution is 2.42. The second-order valence-corrected chi connectivity index (χ2v) is 7.83. The molecule has 0 fully saturated rings.